The minimum absolute atomic E-state index is 0.0143. The smallest absolute Gasteiger partial charge is 0.250 e. The molecule has 0 aliphatic carbocycles. The van der Waals surface area contributed by atoms with Gasteiger partial charge in [0.05, 0.1) is 0 Å². The molecule has 2 N–H and O–H groups in total. The van der Waals surface area contributed by atoms with Gasteiger partial charge >= 0.3 is 0 Å². The number of aromatic nitrogens is 2. The molecule has 0 aliphatic rings. The summed E-state index contributed by atoms with van der Waals surface area (Å²) in [5, 5.41) is 17.8. The van der Waals surface area contributed by atoms with Crippen LogP contribution in [0.1, 0.15) is 0 Å². The van der Waals surface area contributed by atoms with Gasteiger partial charge in [-0.05, 0) is 11.1 Å². The van der Waals surface area contributed by atoms with E-state index in [9.17, 15) is 0 Å². The van der Waals surface area contributed by atoms with Crippen molar-refractivity contribution < 1.29 is 19.3 Å². The second-order valence-corrected chi connectivity index (χ2v) is 3.48. The summed E-state index contributed by atoms with van der Waals surface area (Å²) >= 11 is 0. The van der Waals surface area contributed by atoms with Crippen molar-refractivity contribution in [2.24, 2.45) is 0 Å². The van der Waals surface area contributed by atoms with E-state index < -0.39 is 0 Å². The van der Waals surface area contributed by atoms with Crippen molar-refractivity contribution in [3.8, 4) is 11.1 Å². The first kappa shape index (κ1) is 10.7. The fourth-order valence-corrected chi connectivity index (χ4v) is 1.49. The van der Waals surface area contributed by atoms with Gasteiger partial charge in [0.2, 0.25) is 13.5 Å². The minimum atomic E-state index is -0.0143. The third kappa shape index (κ3) is 2.24. The average molecular weight is 218 g/mol. The molecule has 4 heteroatoms. The van der Waals surface area contributed by atoms with Gasteiger partial charge in [-0.15, -0.1) is 0 Å². The van der Waals surface area contributed by atoms with E-state index in [1.165, 1.54) is 0 Å². The Kier molecular flexibility index (Phi) is 3.24. The van der Waals surface area contributed by atoms with Crippen LogP contribution < -0.4 is 9.13 Å². The first-order chi connectivity index (χ1) is 7.83. The maximum Gasteiger partial charge on any atom is 0.250 e. The Morgan fingerprint density at radius 3 is 1.25 bits per heavy atom. The quantitative estimate of drug-likeness (QED) is 0.703. The molecule has 0 aromatic carbocycles. The summed E-state index contributed by atoms with van der Waals surface area (Å²) in [5.74, 6) is 0. The maximum absolute atomic E-state index is 8.90. The van der Waals surface area contributed by atoms with Crippen molar-refractivity contribution in [1.29, 1.82) is 0 Å². The van der Waals surface area contributed by atoms with Crippen LogP contribution >= 0.6 is 0 Å². The molecule has 2 aromatic heterocycles. The number of hydrogen-bond acceptors (Lipinski definition) is 2. The average Bonchev–Trinajstić information content (AvgIpc) is 2.39. The van der Waals surface area contributed by atoms with Crippen molar-refractivity contribution >= 4 is 0 Å². The zero-order chi connectivity index (χ0) is 11.4. The topological polar surface area (TPSA) is 48.2 Å². The van der Waals surface area contributed by atoms with E-state index >= 15 is 0 Å². The largest absolute Gasteiger partial charge is 0.339 e. The van der Waals surface area contributed by atoms with Crippen LogP contribution in [0.4, 0.5) is 0 Å². The van der Waals surface area contributed by atoms with E-state index in [-0.39, 0.29) is 13.5 Å². The molecule has 2 aromatic rings. The first-order valence-corrected chi connectivity index (χ1v) is 5.04. The summed E-state index contributed by atoms with van der Waals surface area (Å²) in [4.78, 5) is 0. The van der Waals surface area contributed by atoms with Crippen molar-refractivity contribution in [3.63, 3.8) is 0 Å². The van der Waals surface area contributed by atoms with Gasteiger partial charge in [0.15, 0.2) is 24.8 Å². The first-order valence-electron chi connectivity index (χ1n) is 5.04. The Balaban J connectivity index is 2.28. The summed E-state index contributed by atoms with van der Waals surface area (Å²) in [6.45, 7) is -0.0286. The molecular formula is C12H14N2O2+2. The molecule has 0 fully saturated rings. The predicted molar refractivity (Wildman–Crippen MR) is 56.7 cm³/mol. The molecule has 2 rings (SSSR count). The van der Waals surface area contributed by atoms with Gasteiger partial charge in [-0.3, -0.25) is 0 Å². The van der Waals surface area contributed by atoms with E-state index in [0.29, 0.717) is 0 Å². The Bertz CT molecular complexity index is 406. The highest BCUT2D eigenvalue weighted by Gasteiger charge is 2.03. The van der Waals surface area contributed by atoms with Gasteiger partial charge in [-0.25, -0.2) is 0 Å². The lowest BCUT2D eigenvalue weighted by Crippen LogP contribution is -2.32. The number of hydrogen-bond donors (Lipinski definition) is 2. The van der Waals surface area contributed by atoms with E-state index in [0.717, 1.165) is 11.1 Å². The number of aliphatic hydroxyl groups excluding tert-OH is 2. The molecule has 0 spiro atoms. The summed E-state index contributed by atoms with van der Waals surface area (Å²) in [5.41, 5.74) is 2.16. The Hall–Kier alpha value is -1.78. The van der Waals surface area contributed by atoms with Crippen LogP contribution in [0.2, 0.25) is 0 Å². The maximum atomic E-state index is 8.90. The second-order valence-electron chi connectivity index (χ2n) is 3.48. The van der Waals surface area contributed by atoms with E-state index in [1.807, 2.05) is 49.1 Å². The van der Waals surface area contributed by atoms with Gasteiger partial charge in [-0.2, -0.15) is 9.13 Å². The number of nitrogens with zero attached hydrogens (tertiary/aromatic N) is 2. The zero-order valence-electron chi connectivity index (χ0n) is 8.82. The van der Waals surface area contributed by atoms with Crippen LogP contribution in [0.3, 0.4) is 0 Å². The molecular weight excluding hydrogens is 204 g/mol. The van der Waals surface area contributed by atoms with Crippen LogP contribution in [0.5, 0.6) is 0 Å². The SMILES string of the molecule is OC[n+]1ccc(-c2cc[n+](CO)cc2)cc1. The van der Waals surface area contributed by atoms with Crippen LogP contribution in [-0.4, -0.2) is 10.2 Å². The molecule has 2 heterocycles. The summed E-state index contributed by atoms with van der Waals surface area (Å²) in [6.07, 6.45) is 7.29. The van der Waals surface area contributed by atoms with Crippen LogP contribution in [0.15, 0.2) is 49.1 Å². The second kappa shape index (κ2) is 4.83. The minimum Gasteiger partial charge on any atom is -0.339 e. The van der Waals surface area contributed by atoms with Gasteiger partial charge in [0, 0.05) is 24.3 Å². The van der Waals surface area contributed by atoms with Crippen LogP contribution in [0, 0.1) is 0 Å². The van der Waals surface area contributed by atoms with Gasteiger partial charge < -0.3 is 10.2 Å². The monoisotopic (exact) mass is 218 g/mol. The van der Waals surface area contributed by atoms with Crippen molar-refractivity contribution in [2.75, 3.05) is 0 Å². The lowest BCUT2D eigenvalue weighted by molar-refractivity contribution is -0.730. The summed E-state index contributed by atoms with van der Waals surface area (Å²) in [7, 11) is 0. The van der Waals surface area contributed by atoms with Gasteiger partial charge in [-0.1, -0.05) is 0 Å². The Labute approximate surface area is 93.7 Å². The summed E-state index contributed by atoms with van der Waals surface area (Å²) < 4.78 is 3.36. The highest BCUT2D eigenvalue weighted by molar-refractivity contribution is 5.60. The molecule has 0 atom stereocenters. The molecule has 82 valence electrons. The normalized spacial score (nSPS) is 10.4. The molecule has 0 amide bonds. The molecule has 0 unspecified atom stereocenters. The van der Waals surface area contributed by atoms with Crippen molar-refractivity contribution in [1.82, 2.24) is 0 Å². The van der Waals surface area contributed by atoms with E-state index in [2.05, 4.69) is 0 Å². The van der Waals surface area contributed by atoms with Gasteiger partial charge in [0.1, 0.15) is 0 Å². The third-order valence-electron chi connectivity index (χ3n) is 2.44. The highest BCUT2D eigenvalue weighted by Crippen LogP contribution is 2.15. The zero-order valence-corrected chi connectivity index (χ0v) is 8.82. The number of pyridine rings is 2. The molecule has 16 heavy (non-hydrogen) atoms. The lowest BCUT2D eigenvalue weighted by atomic mass is 10.1. The highest BCUT2D eigenvalue weighted by atomic mass is 16.3. The standard InChI is InChI=1S/C12H14N2O2/c15-9-13-5-1-11(2-6-13)12-3-7-14(10-16)8-4-12/h1-8,15-16H,9-10H2/q+2. The molecule has 0 aliphatic heterocycles. The van der Waals surface area contributed by atoms with Crippen molar-refractivity contribution in [2.45, 2.75) is 13.5 Å². The fraction of sp³-hybridized carbons (Fsp3) is 0.167. The van der Waals surface area contributed by atoms with Crippen molar-refractivity contribution in [3.05, 3.63) is 49.1 Å². The molecule has 4 nitrogen and oxygen atoms in total. The van der Waals surface area contributed by atoms with Gasteiger partial charge in [0.25, 0.3) is 0 Å². The molecule has 0 bridgehead atoms. The number of rotatable bonds is 3. The molecule has 0 radical (unpaired) electrons. The van der Waals surface area contributed by atoms with E-state index in [4.69, 9.17) is 10.2 Å². The fourth-order valence-electron chi connectivity index (χ4n) is 1.49. The predicted octanol–water partition coefficient (Wildman–Crippen LogP) is -0.172. The molecule has 0 saturated heterocycles. The lowest BCUT2D eigenvalue weighted by Gasteiger charge is -1.99. The Morgan fingerprint density at radius 2 is 1.00 bits per heavy atom. The van der Waals surface area contributed by atoms with Crippen LogP contribution in [-0.2, 0) is 13.5 Å². The van der Waals surface area contributed by atoms with Crippen LogP contribution in [0.25, 0.3) is 11.1 Å². The summed E-state index contributed by atoms with van der Waals surface area (Å²) in [6, 6.07) is 7.76. The third-order valence-corrected chi connectivity index (χ3v) is 2.44. The Morgan fingerprint density at radius 1 is 0.688 bits per heavy atom. The van der Waals surface area contributed by atoms with E-state index in [1.54, 1.807) is 9.13 Å². The number of aliphatic hydroxyl groups is 2. The molecule has 0 saturated carbocycles.